The highest BCUT2D eigenvalue weighted by atomic mass is 16.5. The number of aryl methyl sites for hydroxylation is 1. The Morgan fingerprint density at radius 3 is 2.86 bits per heavy atom. The molecule has 0 aliphatic carbocycles. The molecule has 0 bridgehead atoms. The van der Waals surface area contributed by atoms with Crippen LogP contribution in [-0.4, -0.2) is 19.6 Å². The molecule has 1 aliphatic heterocycles. The molecule has 0 atom stereocenters. The van der Waals surface area contributed by atoms with Crippen LogP contribution in [0.4, 0.5) is 11.4 Å². The third-order valence-electron chi connectivity index (χ3n) is 3.93. The molecular formula is C17H18N2O2. The Labute approximate surface area is 124 Å². The normalized spacial score (nSPS) is 13.1. The molecule has 1 aliphatic rings. The maximum absolute atomic E-state index is 12.8. The molecule has 4 nitrogen and oxygen atoms in total. The van der Waals surface area contributed by atoms with Gasteiger partial charge in [-0.15, -0.1) is 0 Å². The molecule has 3 rings (SSSR count). The van der Waals surface area contributed by atoms with Crippen LogP contribution in [0.5, 0.6) is 5.75 Å². The molecule has 0 spiro atoms. The first kappa shape index (κ1) is 13.5. The molecule has 2 N–H and O–H groups in total. The number of hydrogen-bond acceptors (Lipinski definition) is 3. The fraction of sp³-hybridized carbons (Fsp3) is 0.235. The molecular weight excluding hydrogens is 264 g/mol. The van der Waals surface area contributed by atoms with Crippen LogP contribution in [0.3, 0.4) is 0 Å². The van der Waals surface area contributed by atoms with E-state index in [1.165, 1.54) is 0 Å². The second kappa shape index (κ2) is 5.13. The van der Waals surface area contributed by atoms with Gasteiger partial charge in [0.15, 0.2) is 0 Å². The lowest BCUT2D eigenvalue weighted by atomic mass is 10.1. The number of carbonyl (C=O) groups is 1. The van der Waals surface area contributed by atoms with Crippen molar-refractivity contribution in [1.29, 1.82) is 0 Å². The smallest absolute Gasteiger partial charge is 0.258 e. The van der Waals surface area contributed by atoms with Crippen LogP contribution < -0.4 is 15.4 Å². The van der Waals surface area contributed by atoms with Gasteiger partial charge >= 0.3 is 0 Å². The quantitative estimate of drug-likeness (QED) is 0.862. The van der Waals surface area contributed by atoms with E-state index in [-0.39, 0.29) is 5.91 Å². The van der Waals surface area contributed by atoms with Crippen LogP contribution >= 0.6 is 0 Å². The number of amides is 1. The van der Waals surface area contributed by atoms with E-state index < -0.39 is 0 Å². The maximum atomic E-state index is 12.8. The number of benzene rings is 2. The Hall–Kier alpha value is -2.49. The summed E-state index contributed by atoms with van der Waals surface area (Å²) in [5.74, 6) is 0.686. The highest BCUT2D eigenvalue weighted by molar-refractivity contribution is 6.09. The topological polar surface area (TPSA) is 55.6 Å². The number of para-hydroxylation sites is 1. The molecule has 0 unspecified atom stereocenters. The van der Waals surface area contributed by atoms with Crippen molar-refractivity contribution in [2.45, 2.75) is 13.3 Å². The molecule has 0 fully saturated rings. The first-order chi connectivity index (χ1) is 10.1. The first-order valence-corrected chi connectivity index (χ1v) is 6.95. The van der Waals surface area contributed by atoms with E-state index in [1.807, 2.05) is 37.3 Å². The van der Waals surface area contributed by atoms with Crippen molar-refractivity contribution in [3.8, 4) is 5.75 Å². The number of nitrogen functional groups attached to an aromatic ring is 1. The monoisotopic (exact) mass is 282 g/mol. The zero-order valence-corrected chi connectivity index (χ0v) is 12.2. The van der Waals surface area contributed by atoms with E-state index in [0.29, 0.717) is 17.8 Å². The summed E-state index contributed by atoms with van der Waals surface area (Å²) in [7, 11) is 1.61. The second-order valence-corrected chi connectivity index (χ2v) is 5.25. The molecule has 0 saturated carbocycles. The van der Waals surface area contributed by atoms with Crippen LogP contribution in [-0.2, 0) is 6.42 Å². The SMILES string of the molecule is COc1cc(C(=O)N2CCc3cccc(N)c32)ccc1C. The van der Waals surface area contributed by atoms with Gasteiger partial charge in [-0.05, 0) is 42.7 Å². The van der Waals surface area contributed by atoms with Crippen LogP contribution in [0, 0.1) is 6.92 Å². The summed E-state index contributed by atoms with van der Waals surface area (Å²) in [6, 6.07) is 11.3. The predicted molar refractivity (Wildman–Crippen MR) is 84.0 cm³/mol. The summed E-state index contributed by atoms with van der Waals surface area (Å²) < 4.78 is 5.30. The zero-order chi connectivity index (χ0) is 15.0. The van der Waals surface area contributed by atoms with Crippen molar-refractivity contribution in [2.75, 3.05) is 24.3 Å². The van der Waals surface area contributed by atoms with Gasteiger partial charge < -0.3 is 15.4 Å². The van der Waals surface area contributed by atoms with E-state index in [2.05, 4.69) is 0 Å². The summed E-state index contributed by atoms with van der Waals surface area (Å²) in [4.78, 5) is 14.5. The number of fused-ring (bicyclic) bond motifs is 1. The number of methoxy groups -OCH3 is 1. The minimum absolute atomic E-state index is 0.0371. The average Bonchev–Trinajstić information content (AvgIpc) is 2.92. The summed E-state index contributed by atoms with van der Waals surface area (Å²) in [5, 5.41) is 0. The second-order valence-electron chi connectivity index (χ2n) is 5.25. The Bertz CT molecular complexity index is 710. The highest BCUT2D eigenvalue weighted by Gasteiger charge is 2.27. The number of nitrogens with two attached hydrogens (primary N) is 1. The summed E-state index contributed by atoms with van der Waals surface area (Å²) in [6.07, 6.45) is 0.842. The maximum Gasteiger partial charge on any atom is 0.258 e. The molecule has 0 radical (unpaired) electrons. The molecule has 2 aromatic carbocycles. The van der Waals surface area contributed by atoms with Gasteiger partial charge in [0, 0.05) is 12.1 Å². The lowest BCUT2D eigenvalue weighted by molar-refractivity contribution is 0.0989. The van der Waals surface area contributed by atoms with Gasteiger partial charge in [0.2, 0.25) is 0 Å². The van der Waals surface area contributed by atoms with Gasteiger partial charge in [-0.3, -0.25) is 4.79 Å². The molecule has 4 heteroatoms. The molecule has 0 aromatic heterocycles. The number of nitrogens with zero attached hydrogens (tertiary/aromatic N) is 1. The Morgan fingerprint density at radius 2 is 2.10 bits per heavy atom. The van der Waals surface area contributed by atoms with Gasteiger partial charge in [-0.25, -0.2) is 0 Å². The van der Waals surface area contributed by atoms with Crippen molar-refractivity contribution >= 4 is 17.3 Å². The van der Waals surface area contributed by atoms with Crippen LogP contribution in [0.25, 0.3) is 0 Å². The Balaban J connectivity index is 1.98. The first-order valence-electron chi connectivity index (χ1n) is 6.95. The van der Waals surface area contributed by atoms with Crippen LogP contribution in [0.15, 0.2) is 36.4 Å². The van der Waals surface area contributed by atoms with Crippen molar-refractivity contribution in [3.05, 3.63) is 53.1 Å². The lowest BCUT2D eigenvalue weighted by Gasteiger charge is -2.19. The molecule has 1 amide bonds. The fourth-order valence-electron chi connectivity index (χ4n) is 2.80. The predicted octanol–water partition coefficient (Wildman–Crippen LogP) is 2.79. The van der Waals surface area contributed by atoms with Crippen molar-refractivity contribution in [1.82, 2.24) is 0 Å². The third kappa shape index (κ3) is 2.23. The zero-order valence-electron chi connectivity index (χ0n) is 12.2. The third-order valence-corrected chi connectivity index (χ3v) is 3.93. The number of rotatable bonds is 2. The van der Waals surface area contributed by atoms with Crippen molar-refractivity contribution < 1.29 is 9.53 Å². The van der Waals surface area contributed by atoms with E-state index in [9.17, 15) is 4.79 Å². The summed E-state index contributed by atoms with van der Waals surface area (Å²) >= 11 is 0. The van der Waals surface area contributed by atoms with Crippen LogP contribution in [0.2, 0.25) is 0 Å². The summed E-state index contributed by atoms with van der Waals surface area (Å²) in [6.45, 7) is 2.62. The summed E-state index contributed by atoms with van der Waals surface area (Å²) in [5.41, 5.74) is 10.3. The molecule has 21 heavy (non-hydrogen) atoms. The van der Waals surface area contributed by atoms with E-state index >= 15 is 0 Å². The largest absolute Gasteiger partial charge is 0.496 e. The van der Waals surface area contributed by atoms with E-state index in [4.69, 9.17) is 10.5 Å². The van der Waals surface area contributed by atoms with Crippen molar-refractivity contribution in [3.63, 3.8) is 0 Å². The molecule has 1 heterocycles. The average molecular weight is 282 g/mol. The minimum atomic E-state index is -0.0371. The fourth-order valence-corrected chi connectivity index (χ4v) is 2.80. The van der Waals surface area contributed by atoms with Crippen LogP contribution in [0.1, 0.15) is 21.5 Å². The number of carbonyl (C=O) groups excluding carboxylic acids is 1. The minimum Gasteiger partial charge on any atom is -0.496 e. The van der Waals surface area contributed by atoms with Gasteiger partial charge in [-0.2, -0.15) is 0 Å². The van der Waals surface area contributed by atoms with E-state index in [0.717, 1.165) is 29.0 Å². The van der Waals surface area contributed by atoms with E-state index in [1.54, 1.807) is 18.1 Å². The Morgan fingerprint density at radius 1 is 1.29 bits per heavy atom. The van der Waals surface area contributed by atoms with Crippen molar-refractivity contribution in [2.24, 2.45) is 0 Å². The number of ether oxygens (including phenoxy) is 1. The van der Waals surface area contributed by atoms with Gasteiger partial charge in [0.25, 0.3) is 5.91 Å². The highest BCUT2D eigenvalue weighted by Crippen LogP contribution is 2.35. The lowest BCUT2D eigenvalue weighted by Crippen LogP contribution is -2.29. The Kier molecular flexibility index (Phi) is 3.29. The number of anilines is 2. The standard InChI is InChI=1S/C17H18N2O2/c1-11-6-7-13(10-15(11)21-2)17(20)19-9-8-12-4-3-5-14(18)16(12)19/h3-7,10H,8-9,18H2,1-2H3. The molecule has 0 saturated heterocycles. The molecule has 108 valence electrons. The van der Waals surface area contributed by atoms with Gasteiger partial charge in [0.1, 0.15) is 5.75 Å². The number of hydrogen-bond donors (Lipinski definition) is 1. The van der Waals surface area contributed by atoms with Gasteiger partial charge in [-0.1, -0.05) is 18.2 Å². The van der Waals surface area contributed by atoms with Gasteiger partial charge in [0.05, 0.1) is 18.5 Å². The molecule has 2 aromatic rings.